The molecule has 0 aliphatic heterocycles. The molecule has 0 aliphatic rings. The molecular weight excluding hydrogens is 582 g/mol. The number of carboxylic acids is 1. The van der Waals surface area contributed by atoms with Crippen LogP contribution in [0.4, 0.5) is 0 Å². The van der Waals surface area contributed by atoms with Gasteiger partial charge >= 0.3 is 5.97 Å². The summed E-state index contributed by atoms with van der Waals surface area (Å²) in [5.41, 5.74) is 10.9. The molecule has 0 fully saturated rings. The quantitative estimate of drug-likeness (QED) is 0.0863. The zero-order valence-corrected chi connectivity index (χ0v) is 27.0. The van der Waals surface area contributed by atoms with E-state index in [1.807, 2.05) is 37.3 Å². The van der Waals surface area contributed by atoms with Gasteiger partial charge in [-0.15, -0.1) is 0 Å². The fourth-order valence-electron chi connectivity index (χ4n) is 4.64. The first-order valence-electron chi connectivity index (χ1n) is 15.5. The molecule has 252 valence electrons. The molecular formula is C31H51N7O7. The first-order valence-corrected chi connectivity index (χ1v) is 15.5. The van der Waals surface area contributed by atoms with Crippen LogP contribution in [0.3, 0.4) is 0 Å². The second kappa shape index (κ2) is 20.5. The predicted octanol–water partition coefficient (Wildman–Crippen LogP) is 0.682. The van der Waals surface area contributed by atoms with Crippen molar-refractivity contribution in [3.05, 3.63) is 36.0 Å². The zero-order chi connectivity index (χ0) is 33.2. The van der Waals surface area contributed by atoms with E-state index in [0.29, 0.717) is 32.5 Å². The van der Waals surface area contributed by atoms with Crippen LogP contribution in [0.15, 0.2) is 30.3 Å². The molecule has 6 N–H and O–H groups in total. The number of nitrogens with one attached hydrogen (secondary N) is 3. The number of unbranched alkanes of at least 4 members (excludes halogenated alkanes) is 1. The number of carbonyl (C=O) groups excluding carboxylic acids is 3. The topological polar surface area (TPSA) is 180 Å². The van der Waals surface area contributed by atoms with E-state index in [4.69, 9.17) is 20.3 Å². The lowest BCUT2D eigenvalue weighted by Gasteiger charge is -2.21. The van der Waals surface area contributed by atoms with E-state index in [1.165, 1.54) is 18.9 Å². The first kappa shape index (κ1) is 37.6. The number of aliphatic carboxylic acids is 1. The highest BCUT2D eigenvalue weighted by Crippen LogP contribution is 2.21. The summed E-state index contributed by atoms with van der Waals surface area (Å²) < 4.78 is 13.0. The van der Waals surface area contributed by atoms with E-state index in [0.717, 1.165) is 23.0 Å². The van der Waals surface area contributed by atoms with Gasteiger partial charge in [-0.1, -0.05) is 18.2 Å². The van der Waals surface area contributed by atoms with Gasteiger partial charge < -0.3 is 40.4 Å². The molecule has 0 bridgehead atoms. The van der Waals surface area contributed by atoms with Crippen molar-refractivity contribution in [3.63, 3.8) is 0 Å². The van der Waals surface area contributed by atoms with Gasteiger partial charge in [-0.25, -0.2) is 9.80 Å². The summed E-state index contributed by atoms with van der Waals surface area (Å²) in [7, 11) is 5.26. The molecule has 2 atom stereocenters. The Morgan fingerprint density at radius 1 is 1.02 bits per heavy atom. The van der Waals surface area contributed by atoms with Gasteiger partial charge in [0.2, 0.25) is 17.7 Å². The molecule has 2 aromatic rings. The number of rotatable bonds is 23. The van der Waals surface area contributed by atoms with E-state index in [-0.39, 0.29) is 63.5 Å². The van der Waals surface area contributed by atoms with Gasteiger partial charge in [0.15, 0.2) is 0 Å². The number of aromatic nitrogens is 1. The summed E-state index contributed by atoms with van der Waals surface area (Å²) in [5.74, 6) is -1.87. The van der Waals surface area contributed by atoms with Crippen LogP contribution < -0.4 is 21.8 Å². The van der Waals surface area contributed by atoms with E-state index < -0.39 is 18.1 Å². The highest BCUT2D eigenvalue weighted by Gasteiger charge is 2.22. The maximum Gasteiger partial charge on any atom is 0.326 e. The Hall–Kier alpha value is -3.56. The summed E-state index contributed by atoms with van der Waals surface area (Å²) >= 11 is 0. The number of nitrogens with two attached hydrogens (primary N) is 1. The number of carboxylic acid groups (broad SMARTS) is 1. The Labute approximate surface area is 265 Å². The number of fused-ring (bicyclic) bond motifs is 1. The number of amides is 3. The highest BCUT2D eigenvalue weighted by molar-refractivity contribution is 5.88. The van der Waals surface area contributed by atoms with Crippen molar-refractivity contribution in [3.8, 4) is 0 Å². The first-order chi connectivity index (χ1) is 21.6. The molecule has 1 heterocycles. The van der Waals surface area contributed by atoms with E-state index in [9.17, 15) is 19.2 Å². The minimum absolute atomic E-state index is 0.0678. The van der Waals surface area contributed by atoms with Crippen LogP contribution in [0.5, 0.6) is 0 Å². The van der Waals surface area contributed by atoms with Crippen LogP contribution in [0.25, 0.3) is 10.9 Å². The number of para-hydroxylation sites is 1. The lowest BCUT2D eigenvalue weighted by molar-refractivity contribution is -0.148. The van der Waals surface area contributed by atoms with Crippen LogP contribution in [-0.4, -0.2) is 116 Å². The molecule has 14 heteroatoms. The average Bonchev–Trinajstić information content (AvgIpc) is 3.37. The number of hydrazine groups is 1. The Morgan fingerprint density at radius 2 is 1.73 bits per heavy atom. The van der Waals surface area contributed by atoms with Crippen molar-refractivity contribution in [1.82, 2.24) is 30.5 Å². The lowest BCUT2D eigenvalue weighted by Crippen LogP contribution is -2.47. The maximum absolute atomic E-state index is 13.0. The minimum atomic E-state index is -1.07. The van der Waals surface area contributed by atoms with Crippen molar-refractivity contribution in [2.24, 2.45) is 5.73 Å². The molecule has 1 aromatic heterocycles. The number of aryl methyl sites for hydroxylation is 1. The number of likely N-dealkylation sites (N-methyl/N-ethyl adjacent to an activating group) is 1. The van der Waals surface area contributed by atoms with E-state index >= 15 is 0 Å². The number of hydrogen-bond acceptors (Lipinski definition) is 9. The van der Waals surface area contributed by atoms with Crippen LogP contribution >= 0.6 is 0 Å². The van der Waals surface area contributed by atoms with Crippen molar-refractivity contribution >= 4 is 34.6 Å². The summed E-state index contributed by atoms with van der Waals surface area (Å²) in [5, 5.41) is 17.8. The van der Waals surface area contributed by atoms with Gasteiger partial charge in [-0.3, -0.25) is 19.8 Å². The van der Waals surface area contributed by atoms with Crippen LogP contribution in [0, 0.1) is 0 Å². The summed E-state index contributed by atoms with van der Waals surface area (Å²) in [6.07, 6.45) is 2.23. The Balaban J connectivity index is 1.77. The lowest BCUT2D eigenvalue weighted by atomic mass is 10.1. The predicted molar refractivity (Wildman–Crippen MR) is 171 cm³/mol. The molecule has 2 unspecified atom stereocenters. The van der Waals surface area contributed by atoms with Gasteiger partial charge in [-0.2, -0.15) is 0 Å². The molecule has 0 radical (unpaired) electrons. The normalized spacial score (nSPS) is 12.7. The van der Waals surface area contributed by atoms with Crippen molar-refractivity contribution in [2.45, 2.75) is 64.2 Å². The molecule has 1 aromatic carbocycles. The summed E-state index contributed by atoms with van der Waals surface area (Å²) in [4.78, 5) is 50.1. The van der Waals surface area contributed by atoms with Gasteiger partial charge in [-0.05, 0) is 57.3 Å². The van der Waals surface area contributed by atoms with Gasteiger partial charge in [0, 0.05) is 44.8 Å². The van der Waals surface area contributed by atoms with Crippen LogP contribution in [0.1, 0.15) is 44.7 Å². The summed E-state index contributed by atoms with van der Waals surface area (Å²) in [6.45, 7) is 4.27. The number of benzene rings is 1. The molecule has 3 amide bonds. The Morgan fingerprint density at radius 3 is 2.42 bits per heavy atom. The molecule has 2 rings (SSSR count). The second-order valence-corrected chi connectivity index (χ2v) is 10.9. The molecule has 45 heavy (non-hydrogen) atoms. The Kier molecular flexibility index (Phi) is 17.1. The van der Waals surface area contributed by atoms with Gasteiger partial charge in [0.1, 0.15) is 12.1 Å². The highest BCUT2D eigenvalue weighted by atomic mass is 16.5. The molecule has 14 nitrogen and oxygen atoms in total. The largest absolute Gasteiger partial charge is 0.480 e. The minimum Gasteiger partial charge on any atom is -0.480 e. The fraction of sp³-hybridized carbons (Fsp3) is 0.613. The zero-order valence-electron chi connectivity index (χ0n) is 27.0. The number of nitrogens with zero attached hydrogens (tertiary/aromatic N) is 3. The fourth-order valence-corrected chi connectivity index (χ4v) is 4.64. The third kappa shape index (κ3) is 13.1. The number of carbonyl (C=O) groups is 4. The van der Waals surface area contributed by atoms with Crippen LogP contribution in [0.2, 0.25) is 0 Å². The maximum atomic E-state index is 13.0. The van der Waals surface area contributed by atoms with E-state index in [1.54, 1.807) is 0 Å². The molecule has 0 aliphatic carbocycles. The van der Waals surface area contributed by atoms with Gasteiger partial charge in [0.05, 0.1) is 39.4 Å². The third-order valence-corrected chi connectivity index (χ3v) is 7.55. The standard InChI is InChI=1S/C31H51N7O7/c1-23(31(42)43)37(4)29(40)13-17-44-19-20-45-18-15-34-30(41)26(10-7-8-14-32)35-28(39)12-16-38-25(22-36(3)33-2)21-24-9-5-6-11-27(24)38/h5-6,9,11,21,23,26,33H,7-8,10,12-20,22,32H2,1-4H3,(H,34,41)(H,35,39)(H,42,43). The average molecular weight is 634 g/mol. The number of ether oxygens (including phenoxy) is 2. The SMILES string of the molecule is CNN(C)Cc1cc2ccccc2n1CCC(=O)NC(CCCCN)C(=O)NCCOCCOCCC(=O)N(C)C(C)C(=O)O. The van der Waals surface area contributed by atoms with Crippen molar-refractivity contribution in [2.75, 3.05) is 60.7 Å². The van der Waals surface area contributed by atoms with Crippen LogP contribution in [-0.2, 0) is 41.7 Å². The molecule has 0 saturated heterocycles. The Bertz CT molecular complexity index is 1220. The monoisotopic (exact) mass is 633 g/mol. The van der Waals surface area contributed by atoms with Gasteiger partial charge in [0.25, 0.3) is 0 Å². The molecule has 0 spiro atoms. The van der Waals surface area contributed by atoms with Crippen molar-refractivity contribution in [1.29, 1.82) is 0 Å². The van der Waals surface area contributed by atoms with Crippen molar-refractivity contribution < 1.29 is 33.8 Å². The number of hydrogen-bond donors (Lipinski definition) is 5. The van der Waals surface area contributed by atoms with E-state index in [2.05, 4.69) is 32.8 Å². The summed E-state index contributed by atoms with van der Waals surface area (Å²) in [6, 6.07) is 8.61. The molecule has 0 saturated carbocycles. The smallest absolute Gasteiger partial charge is 0.326 e. The second-order valence-electron chi connectivity index (χ2n) is 10.9. The third-order valence-electron chi connectivity index (χ3n) is 7.55.